The van der Waals surface area contributed by atoms with Crippen molar-refractivity contribution >= 4 is 16.1 Å². The number of sulfonamides is 1. The second-order valence-electron chi connectivity index (χ2n) is 5.33. The van der Waals surface area contributed by atoms with Gasteiger partial charge in [-0.05, 0) is 30.9 Å². The highest BCUT2D eigenvalue weighted by molar-refractivity contribution is 7.90. The molecule has 2 atom stereocenters. The van der Waals surface area contributed by atoms with Crippen LogP contribution in [-0.4, -0.2) is 25.5 Å². The molecule has 1 aliphatic rings. The summed E-state index contributed by atoms with van der Waals surface area (Å²) in [6.07, 6.45) is 7.90. The third-order valence-electron chi connectivity index (χ3n) is 3.92. The predicted molar refractivity (Wildman–Crippen MR) is 79.1 cm³/mol. The molecule has 0 aliphatic heterocycles. The molecule has 0 radical (unpaired) electrons. The van der Waals surface area contributed by atoms with E-state index < -0.39 is 16.1 Å². The number of amides is 2. The lowest BCUT2D eigenvalue weighted by Crippen LogP contribution is -2.48. The molecule has 21 heavy (non-hydrogen) atoms. The van der Waals surface area contributed by atoms with Gasteiger partial charge in [0.15, 0.2) is 0 Å². The molecule has 2 rings (SSSR count). The monoisotopic (exact) mass is 311 g/mol. The van der Waals surface area contributed by atoms with Crippen molar-refractivity contribution in [3.63, 3.8) is 0 Å². The number of hydrogen-bond acceptors (Lipinski definition) is 4. The molecule has 0 saturated heterocycles. The Hall–Kier alpha value is -1.63. The largest absolute Gasteiger partial charge is 0.334 e. The van der Waals surface area contributed by atoms with Gasteiger partial charge in [-0.1, -0.05) is 26.2 Å². The molecule has 1 heterocycles. The third-order valence-corrected chi connectivity index (χ3v) is 5.24. The minimum atomic E-state index is -3.86. The second kappa shape index (κ2) is 6.89. The Morgan fingerprint density at radius 1 is 1.38 bits per heavy atom. The summed E-state index contributed by atoms with van der Waals surface area (Å²) in [6, 6.07) is 2.30. The summed E-state index contributed by atoms with van der Waals surface area (Å²) in [5, 5.41) is 2.80. The normalized spacial score (nSPS) is 22.5. The predicted octanol–water partition coefficient (Wildman–Crippen LogP) is 2.04. The van der Waals surface area contributed by atoms with Gasteiger partial charge in [-0.25, -0.2) is 17.9 Å². The number of carbonyl (C=O) groups is 1. The van der Waals surface area contributed by atoms with Crippen LogP contribution in [0.2, 0.25) is 0 Å². The SMILES string of the molecule is CCC1CCCCC1NC(=O)NS(=O)(=O)c1cccnc1. The molecule has 2 N–H and O–H groups in total. The summed E-state index contributed by atoms with van der Waals surface area (Å²) in [5.74, 6) is 0.422. The van der Waals surface area contributed by atoms with E-state index in [2.05, 4.69) is 17.2 Å². The molecule has 1 aromatic rings. The van der Waals surface area contributed by atoms with E-state index in [1.54, 1.807) is 0 Å². The zero-order valence-electron chi connectivity index (χ0n) is 12.1. The first-order valence-electron chi connectivity index (χ1n) is 7.26. The Morgan fingerprint density at radius 2 is 2.14 bits per heavy atom. The fourth-order valence-corrected chi connectivity index (χ4v) is 3.65. The summed E-state index contributed by atoms with van der Waals surface area (Å²) < 4.78 is 26.1. The molecule has 116 valence electrons. The summed E-state index contributed by atoms with van der Waals surface area (Å²) in [4.78, 5) is 15.7. The van der Waals surface area contributed by atoms with Crippen LogP contribution in [0, 0.1) is 5.92 Å². The van der Waals surface area contributed by atoms with Crippen molar-refractivity contribution in [3.8, 4) is 0 Å². The Morgan fingerprint density at radius 3 is 2.81 bits per heavy atom. The van der Waals surface area contributed by atoms with Crippen LogP contribution >= 0.6 is 0 Å². The molecule has 2 amide bonds. The van der Waals surface area contributed by atoms with Crippen LogP contribution in [0.1, 0.15) is 39.0 Å². The molecule has 0 aromatic carbocycles. The first kappa shape index (κ1) is 15.8. The van der Waals surface area contributed by atoms with Crippen molar-refractivity contribution in [1.29, 1.82) is 0 Å². The van der Waals surface area contributed by atoms with Gasteiger partial charge in [-0.3, -0.25) is 4.98 Å². The highest BCUT2D eigenvalue weighted by Gasteiger charge is 2.26. The number of hydrogen-bond donors (Lipinski definition) is 2. The van der Waals surface area contributed by atoms with Gasteiger partial charge in [0, 0.05) is 18.4 Å². The van der Waals surface area contributed by atoms with Crippen LogP contribution in [0.3, 0.4) is 0 Å². The molecule has 7 heteroatoms. The van der Waals surface area contributed by atoms with Crippen LogP contribution in [-0.2, 0) is 10.0 Å². The minimum Gasteiger partial charge on any atom is -0.334 e. The maximum absolute atomic E-state index is 12.0. The topological polar surface area (TPSA) is 88.2 Å². The number of aromatic nitrogens is 1. The third kappa shape index (κ3) is 4.17. The van der Waals surface area contributed by atoms with Crippen molar-refractivity contribution in [2.24, 2.45) is 5.92 Å². The van der Waals surface area contributed by atoms with E-state index in [9.17, 15) is 13.2 Å². The fraction of sp³-hybridized carbons (Fsp3) is 0.571. The van der Waals surface area contributed by atoms with Crippen molar-refractivity contribution in [2.75, 3.05) is 0 Å². The van der Waals surface area contributed by atoms with Gasteiger partial charge in [-0.2, -0.15) is 0 Å². The van der Waals surface area contributed by atoms with Gasteiger partial charge in [0.05, 0.1) is 0 Å². The maximum atomic E-state index is 12.0. The Balaban J connectivity index is 1.98. The van der Waals surface area contributed by atoms with Crippen molar-refractivity contribution < 1.29 is 13.2 Å². The standard InChI is InChI=1S/C14H21N3O3S/c1-2-11-6-3-4-8-13(11)16-14(18)17-21(19,20)12-7-5-9-15-10-12/h5,7,9-11,13H,2-4,6,8H2,1H3,(H2,16,17,18). The second-order valence-corrected chi connectivity index (χ2v) is 7.01. The molecule has 6 nitrogen and oxygen atoms in total. The molecule has 0 bridgehead atoms. The summed E-state index contributed by atoms with van der Waals surface area (Å²) in [6.45, 7) is 2.09. The fourth-order valence-electron chi connectivity index (χ4n) is 2.77. The van der Waals surface area contributed by atoms with Gasteiger partial charge in [-0.15, -0.1) is 0 Å². The van der Waals surface area contributed by atoms with Crippen LogP contribution < -0.4 is 10.0 Å². The molecular weight excluding hydrogens is 290 g/mol. The van der Waals surface area contributed by atoms with Crippen molar-refractivity contribution in [1.82, 2.24) is 15.0 Å². The average molecular weight is 311 g/mol. The van der Waals surface area contributed by atoms with Crippen LogP contribution in [0.25, 0.3) is 0 Å². The number of nitrogens with zero attached hydrogens (tertiary/aromatic N) is 1. The molecule has 1 aromatic heterocycles. The highest BCUT2D eigenvalue weighted by atomic mass is 32.2. The first-order valence-corrected chi connectivity index (χ1v) is 8.74. The lowest BCUT2D eigenvalue weighted by atomic mass is 9.83. The molecule has 2 unspecified atom stereocenters. The van der Waals surface area contributed by atoms with E-state index in [-0.39, 0.29) is 10.9 Å². The van der Waals surface area contributed by atoms with E-state index in [0.29, 0.717) is 5.92 Å². The van der Waals surface area contributed by atoms with Gasteiger partial charge in [0.25, 0.3) is 10.0 Å². The van der Waals surface area contributed by atoms with E-state index >= 15 is 0 Å². The van der Waals surface area contributed by atoms with Crippen LogP contribution in [0.5, 0.6) is 0 Å². The summed E-state index contributed by atoms with van der Waals surface area (Å²) >= 11 is 0. The first-order chi connectivity index (χ1) is 10.0. The minimum absolute atomic E-state index is 0.0177. The average Bonchev–Trinajstić information content (AvgIpc) is 2.48. The van der Waals surface area contributed by atoms with Crippen molar-refractivity contribution in [2.45, 2.75) is 50.0 Å². The number of pyridine rings is 1. The van der Waals surface area contributed by atoms with E-state index in [1.807, 2.05) is 4.72 Å². The Labute approximate surface area is 125 Å². The lowest BCUT2D eigenvalue weighted by molar-refractivity contribution is 0.220. The Bertz CT molecular complexity index is 574. The van der Waals surface area contributed by atoms with E-state index in [0.717, 1.165) is 25.7 Å². The molecular formula is C14H21N3O3S. The molecule has 1 aliphatic carbocycles. The number of nitrogens with one attached hydrogen (secondary N) is 2. The maximum Gasteiger partial charge on any atom is 0.328 e. The molecule has 0 spiro atoms. The zero-order chi connectivity index (χ0) is 15.3. The van der Waals surface area contributed by atoms with Crippen LogP contribution in [0.15, 0.2) is 29.4 Å². The van der Waals surface area contributed by atoms with Crippen molar-refractivity contribution in [3.05, 3.63) is 24.5 Å². The van der Waals surface area contributed by atoms with Gasteiger partial charge in [0.1, 0.15) is 4.90 Å². The molecule has 1 fully saturated rings. The summed E-state index contributed by atoms with van der Waals surface area (Å²) in [7, 11) is -3.86. The van der Waals surface area contributed by atoms with Gasteiger partial charge in [0.2, 0.25) is 0 Å². The Kier molecular flexibility index (Phi) is 5.17. The van der Waals surface area contributed by atoms with E-state index in [1.165, 1.54) is 30.9 Å². The summed E-state index contributed by atoms with van der Waals surface area (Å²) in [5.41, 5.74) is 0. The molecule has 1 saturated carbocycles. The van der Waals surface area contributed by atoms with E-state index in [4.69, 9.17) is 0 Å². The smallest absolute Gasteiger partial charge is 0.328 e. The zero-order valence-corrected chi connectivity index (χ0v) is 12.9. The lowest BCUT2D eigenvalue weighted by Gasteiger charge is -2.31. The number of carbonyl (C=O) groups excluding carboxylic acids is 1. The van der Waals surface area contributed by atoms with Gasteiger partial charge < -0.3 is 5.32 Å². The quantitative estimate of drug-likeness (QED) is 0.890. The number of rotatable bonds is 4. The van der Waals surface area contributed by atoms with Gasteiger partial charge >= 0.3 is 6.03 Å². The van der Waals surface area contributed by atoms with Crippen LogP contribution in [0.4, 0.5) is 4.79 Å². The number of urea groups is 1. The highest BCUT2D eigenvalue weighted by Crippen LogP contribution is 2.26.